The Morgan fingerprint density at radius 3 is 2.87 bits per heavy atom. The maximum absolute atomic E-state index is 5.81. The van der Waals surface area contributed by atoms with Crippen LogP contribution in [0, 0.1) is 0 Å². The largest absolute Gasteiger partial charge is 0.489 e. The molecule has 1 fully saturated rings. The summed E-state index contributed by atoms with van der Waals surface area (Å²) in [5.41, 5.74) is 0. The third kappa shape index (κ3) is 2.94. The molecular weight excluding hydrogens is 190 g/mol. The molecule has 0 saturated carbocycles. The Labute approximate surface area is 90.4 Å². The lowest BCUT2D eigenvalue weighted by molar-refractivity contribution is 0.0337. The van der Waals surface area contributed by atoms with Crippen LogP contribution in [0.2, 0.25) is 0 Å². The van der Waals surface area contributed by atoms with Gasteiger partial charge in [0, 0.05) is 6.54 Å². The fourth-order valence-corrected chi connectivity index (χ4v) is 1.68. The summed E-state index contributed by atoms with van der Waals surface area (Å²) in [6.45, 7) is 4.51. The molecule has 1 aromatic rings. The summed E-state index contributed by atoms with van der Waals surface area (Å²) < 4.78 is 11.2. The Morgan fingerprint density at radius 2 is 2.20 bits per heavy atom. The van der Waals surface area contributed by atoms with Gasteiger partial charge in [0.25, 0.3) is 0 Å². The summed E-state index contributed by atoms with van der Waals surface area (Å²) in [5.74, 6) is 0.914. The van der Waals surface area contributed by atoms with E-state index >= 15 is 0 Å². The number of hydrogen-bond acceptors (Lipinski definition) is 3. The zero-order chi connectivity index (χ0) is 10.5. The van der Waals surface area contributed by atoms with Crippen LogP contribution < -0.4 is 10.1 Å². The lowest BCUT2D eigenvalue weighted by Gasteiger charge is -2.29. The first-order valence-corrected chi connectivity index (χ1v) is 5.39. The highest BCUT2D eigenvalue weighted by molar-refractivity contribution is 5.21. The van der Waals surface area contributed by atoms with Crippen molar-refractivity contribution in [1.29, 1.82) is 0 Å². The van der Waals surface area contributed by atoms with Gasteiger partial charge in [-0.1, -0.05) is 18.2 Å². The van der Waals surface area contributed by atoms with Gasteiger partial charge < -0.3 is 14.8 Å². The van der Waals surface area contributed by atoms with Crippen molar-refractivity contribution < 1.29 is 9.47 Å². The molecule has 3 heteroatoms. The molecule has 0 aromatic heterocycles. The third-order valence-electron chi connectivity index (χ3n) is 2.58. The van der Waals surface area contributed by atoms with Gasteiger partial charge in [0.05, 0.1) is 19.3 Å². The molecule has 1 heterocycles. The fourth-order valence-electron chi connectivity index (χ4n) is 1.68. The van der Waals surface area contributed by atoms with Crippen molar-refractivity contribution in [2.45, 2.75) is 19.1 Å². The van der Waals surface area contributed by atoms with Crippen LogP contribution in [0.25, 0.3) is 0 Å². The SMILES string of the molecule is CC(Oc1ccccc1)C1COCCN1. The van der Waals surface area contributed by atoms with Gasteiger partial charge in [0.1, 0.15) is 11.9 Å². The molecule has 1 N–H and O–H groups in total. The molecule has 0 amide bonds. The summed E-state index contributed by atoms with van der Waals surface area (Å²) in [4.78, 5) is 0. The van der Waals surface area contributed by atoms with Crippen molar-refractivity contribution in [1.82, 2.24) is 5.32 Å². The first-order chi connectivity index (χ1) is 7.36. The smallest absolute Gasteiger partial charge is 0.119 e. The van der Waals surface area contributed by atoms with Crippen LogP contribution in [0.15, 0.2) is 30.3 Å². The first kappa shape index (κ1) is 10.5. The average Bonchev–Trinajstić information content (AvgIpc) is 2.31. The van der Waals surface area contributed by atoms with Crippen molar-refractivity contribution in [2.24, 2.45) is 0 Å². The molecule has 1 saturated heterocycles. The van der Waals surface area contributed by atoms with Gasteiger partial charge in [0.15, 0.2) is 0 Å². The molecule has 1 aromatic carbocycles. The second-order valence-corrected chi connectivity index (χ2v) is 3.77. The number of nitrogens with one attached hydrogen (secondary N) is 1. The Morgan fingerprint density at radius 1 is 1.40 bits per heavy atom. The minimum atomic E-state index is 0.132. The van der Waals surface area contributed by atoms with Crippen LogP contribution in [0.5, 0.6) is 5.75 Å². The molecule has 2 rings (SSSR count). The normalized spacial score (nSPS) is 23.4. The van der Waals surface area contributed by atoms with E-state index in [0.29, 0.717) is 6.04 Å². The van der Waals surface area contributed by atoms with Gasteiger partial charge in [-0.3, -0.25) is 0 Å². The molecule has 1 aliphatic heterocycles. The van der Waals surface area contributed by atoms with E-state index in [2.05, 4.69) is 12.2 Å². The summed E-state index contributed by atoms with van der Waals surface area (Å²) >= 11 is 0. The predicted octanol–water partition coefficient (Wildman–Crippen LogP) is 1.44. The summed E-state index contributed by atoms with van der Waals surface area (Å²) in [6.07, 6.45) is 0.132. The van der Waals surface area contributed by atoms with Crippen LogP contribution in [0.1, 0.15) is 6.92 Å². The lowest BCUT2D eigenvalue weighted by Crippen LogP contribution is -2.49. The van der Waals surface area contributed by atoms with Gasteiger partial charge in [0.2, 0.25) is 0 Å². The molecule has 3 nitrogen and oxygen atoms in total. The predicted molar refractivity (Wildman–Crippen MR) is 59.1 cm³/mol. The molecule has 82 valence electrons. The van der Waals surface area contributed by atoms with E-state index < -0.39 is 0 Å². The highest BCUT2D eigenvalue weighted by Crippen LogP contribution is 2.13. The number of ether oxygens (including phenoxy) is 2. The molecule has 2 atom stereocenters. The molecule has 0 radical (unpaired) electrons. The standard InChI is InChI=1S/C12H17NO2/c1-10(12-9-14-8-7-13-12)15-11-5-3-2-4-6-11/h2-6,10,12-13H,7-9H2,1H3. The second kappa shape index (κ2) is 5.14. The molecule has 0 aliphatic carbocycles. The van der Waals surface area contributed by atoms with Crippen LogP contribution in [0.3, 0.4) is 0 Å². The lowest BCUT2D eigenvalue weighted by atomic mass is 10.2. The van der Waals surface area contributed by atoms with Crippen molar-refractivity contribution in [3.63, 3.8) is 0 Å². The molecular formula is C12H17NO2. The van der Waals surface area contributed by atoms with Crippen molar-refractivity contribution in [3.8, 4) is 5.75 Å². The average molecular weight is 207 g/mol. The highest BCUT2D eigenvalue weighted by Gasteiger charge is 2.21. The van der Waals surface area contributed by atoms with Crippen LogP contribution in [0.4, 0.5) is 0 Å². The van der Waals surface area contributed by atoms with Crippen molar-refractivity contribution in [2.75, 3.05) is 19.8 Å². The number of para-hydroxylation sites is 1. The van der Waals surface area contributed by atoms with E-state index in [1.54, 1.807) is 0 Å². The molecule has 0 bridgehead atoms. The fraction of sp³-hybridized carbons (Fsp3) is 0.500. The van der Waals surface area contributed by atoms with E-state index in [9.17, 15) is 0 Å². The third-order valence-corrected chi connectivity index (χ3v) is 2.58. The first-order valence-electron chi connectivity index (χ1n) is 5.39. The number of rotatable bonds is 3. The van der Waals surface area contributed by atoms with Crippen LogP contribution in [-0.4, -0.2) is 31.9 Å². The van der Waals surface area contributed by atoms with Crippen molar-refractivity contribution >= 4 is 0 Å². The molecule has 1 aliphatic rings. The Bertz CT molecular complexity index is 283. The van der Waals surface area contributed by atoms with E-state index in [0.717, 1.165) is 25.5 Å². The van der Waals surface area contributed by atoms with E-state index in [1.165, 1.54) is 0 Å². The van der Waals surface area contributed by atoms with E-state index in [4.69, 9.17) is 9.47 Å². The molecule has 0 spiro atoms. The highest BCUT2D eigenvalue weighted by atomic mass is 16.5. The maximum atomic E-state index is 5.81. The van der Waals surface area contributed by atoms with Gasteiger partial charge in [-0.25, -0.2) is 0 Å². The molecule has 2 unspecified atom stereocenters. The number of hydrogen-bond donors (Lipinski definition) is 1. The molecule has 15 heavy (non-hydrogen) atoms. The maximum Gasteiger partial charge on any atom is 0.119 e. The minimum absolute atomic E-state index is 0.132. The zero-order valence-corrected chi connectivity index (χ0v) is 8.98. The summed E-state index contributed by atoms with van der Waals surface area (Å²) in [6, 6.07) is 10.2. The second-order valence-electron chi connectivity index (χ2n) is 3.77. The van der Waals surface area contributed by atoms with Gasteiger partial charge in [-0.15, -0.1) is 0 Å². The van der Waals surface area contributed by atoms with E-state index in [-0.39, 0.29) is 6.10 Å². The Kier molecular flexibility index (Phi) is 3.59. The number of benzene rings is 1. The minimum Gasteiger partial charge on any atom is -0.489 e. The summed E-state index contributed by atoms with van der Waals surface area (Å²) in [7, 11) is 0. The monoisotopic (exact) mass is 207 g/mol. The summed E-state index contributed by atoms with van der Waals surface area (Å²) in [5, 5.41) is 3.39. The van der Waals surface area contributed by atoms with Gasteiger partial charge >= 0.3 is 0 Å². The Balaban J connectivity index is 1.88. The van der Waals surface area contributed by atoms with Gasteiger partial charge in [-0.05, 0) is 19.1 Å². The Hall–Kier alpha value is -1.06. The number of morpholine rings is 1. The van der Waals surface area contributed by atoms with E-state index in [1.807, 2.05) is 30.3 Å². The van der Waals surface area contributed by atoms with Crippen LogP contribution in [-0.2, 0) is 4.74 Å². The van der Waals surface area contributed by atoms with Crippen LogP contribution >= 0.6 is 0 Å². The quantitative estimate of drug-likeness (QED) is 0.813. The zero-order valence-electron chi connectivity index (χ0n) is 8.98. The van der Waals surface area contributed by atoms with Gasteiger partial charge in [-0.2, -0.15) is 0 Å². The topological polar surface area (TPSA) is 30.5 Å². The van der Waals surface area contributed by atoms with Crippen molar-refractivity contribution in [3.05, 3.63) is 30.3 Å².